The Hall–Kier alpha value is -1.53. The molecule has 0 spiro atoms. The van der Waals surface area contributed by atoms with Gasteiger partial charge in [0.2, 0.25) is 0 Å². The van der Waals surface area contributed by atoms with Crippen LogP contribution in [0.15, 0.2) is 53.0 Å². The molecule has 2 fully saturated rings. The summed E-state index contributed by atoms with van der Waals surface area (Å²) in [6, 6.07) is 16.5. The van der Waals surface area contributed by atoms with Crippen LogP contribution in [0.2, 0.25) is 0 Å². The second-order valence-corrected chi connectivity index (χ2v) is 10.8. The zero-order valence-electron chi connectivity index (χ0n) is 21.1. The summed E-state index contributed by atoms with van der Waals surface area (Å²) >= 11 is 3.36. The molecule has 1 N–H and O–H groups in total. The summed E-state index contributed by atoms with van der Waals surface area (Å²) in [5, 5.41) is 10.8. The molecule has 0 radical (unpaired) electrons. The first kappa shape index (κ1) is 27.7. The zero-order chi connectivity index (χ0) is 24.6. The molecule has 2 heterocycles. The zero-order valence-corrected chi connectivity index (χ0v) is 22.7. The Labute approximate surface area is 209 Å². The Morgan fingerprint density at radius 2 is 1.55 bits per heavy atom. The molecule has 2 aliphatic heterocycles. The number of carbonyl (C=O) groups is 1. The number of benzene rings is 2. The van der Waals surface area contributed by atoms with Crippen LogP contribution in [0, 0.1) is 25.7 Å². The van der Waals surface area contributed by atoms with Crippen LogP contribution in [0.3, 0.4) is 0 Å². The van der Waals surface area contributed by atoms with Crippen molar-refractivity contribution < 1.29 is 9.90 Å². The third-order valence-corrected chi connectivity index (χ3v) is 7.14. The fourth-order valence-electron chi connectivity index (χ4n) is 4.47. The van der Waals surface area contributed by atoms with Gasteiger partial charge in [-0.05, 0) is 52.1 Å². The van der Waals surface area contributed by atoms with E-state index in [-0.39, 0.29) is 11.8 Å². The topological polar surface area (TPSA) is 43.8 Å². The molecular weight excluding hydrogens is 476 g/mol. The van der Waals surface area contributed by atoms with Gasteiger partial charge in [-0.2, -0.15) is 0 Å². The second-order valence-electron chi connectivity index (χ2n) is 9.89. The average Bonchev–Trinajstić information content (AvgIpc) is 2.75. The molecule has 2 aromatic carbocycles. The highest BCUT2D eigenvalue weighted by Gasteiger charge is 2.39. The molecule has 2 saturated heterocycles. The third kappa shape index (κ3) is 8.64. The highest BCUT2D eigenvalue weighted by atomic mass is 79.9. The summed E-state index contributed by atoms with van der Waals surface area (Å²) < 4.78 is 1.15. The standard InChI is InChI=1S/C14H21NO.C7H7Br.C7H13NO/c1-11-5-4-6-13(9-11)14(16)7-8-15(3)10-12(14)2;1-6-3-2-4-7(8)5-6;1-6-5-8(2)4-3-7(6)9/h4-6,9,12,16H,7-8,10H2,1-3H3;2-5H,1H3;6H,3-5H2,1-2H3/t12-,14+;;/m0../s1. The number of hydrogen-bond acceptors (Lipinski definition) is 4. The maximum absolute atomic E-state index is 10.9. The van der Waals surface area contributed by atoms with E-state index in [1.807, 2.05) is 25.1 Å². The first-order valence-electron chi connectivity index (χ1n) is 11.9. The monoisotopic (exact) mass is 516 g/mol. The third-order valence-electron chi connectivity index (χ3n) is 6.65. The molecule has 0 bridgehead atoms. The number of aliphatic hydroxyl groups is 1. The van der Waals surface area contributed by atoms with Gasteiger partial charge in [0.05, 0.1) is 5.60 Å². The number of likely N-dealkylation sites (tertiary alicyclic amines) is 2. The molecule has 182 valence electrons. The van der Waals surface area contributed by atoms with Gasteiger partial charge < -0.3 is 14.9 Å². The van der Waals surface area contributed by atoms with Crippen molar-refractivity contribution in [3.8, 4) is 0 Å². The number of nitrogens with zero attached hydrogens (tertiary/aromatic N) is 2. The summed E-state index contributed by atoms with van der Waals surface area (Å²) in [6.07, 6.45) is 1.58. The fourth-order valence-corrected chi connectivity index (χ4v) is 4.99. The van der Waals surface area contributed by atoms with E-state index in [0.29, 0.717) is 5.78 Å². The van der Waals surface area contributed by atoms with E-state index in [9.17, 15) is 9.90 Å². The van der Waals surface area contributed by atoms with Crippen LogP contribution in [-0.2, 0) is 10.4 Å². The minimum Gasteiger partial charge on any atom is -0.385 e. The predicted octanol–water partition coefficient (Wildman–Crippen LogP) is 5.44. The Morgan fingerprint density at radius 3 is 2.03 bits per heavy atom. The summed E-state index contributed by atoms with van der Waals surface area (Å²) in [4.78, 5) is 15.4. The van der Waals surface area contributed by atoms with Crippen molar-refractivity contribution in [2.75, 3.05) is 40.3 Å². The molecule has 0 aromatic heterocycles. The number of rotatable bonds is 1. The lowest BCUT2D eigenvalue weighted by atomic mass is 9.77. The van der Waals surface area contributed by atoms with E-state index in [2.05, 4.69) is 90.9 Å². The van der Waals surface area contributed by atoms with Crippen molar-refractivity contribution in [2.24, 2.45) is 11.8 Å². The van der Waals surface area contributed by atoms with Crippen molar-refractivity contribution in [3.05, 3.63) is 69.7 Å². The lowest BCUT2D eigenvalue weighted by molar-refractivity contribution is -0.125. The van der Waals surface area contributed by atoms with Gasteiger partial charge in [-0.1, -0.05) is 77.3 Å². The van der Waals surface area contributed by atoms with E-state index in [0.717, 1.165) is 49.1 Å². The van der Waals surface area contributed by atoms with Crippen molar-refractivity contribution in [3.63, 3.8) is 0 Å². The van der Waals surface area contributed by atoms with Gasteiger partial charge in [0.15, 0.2) is 0 Å². The van der Waals surface area contributed by atoms with Gasteiger partial charge in [-0.15, -0.1) is 0 Å². The highest BCUT2D eigenvalue weighted by molar-refractivity contribution is 9.10. The number of piperidine rings is 2. The number of ketones is 1. The van der Waals surface area contributed by atoms with E-state index < -0.39 is 5.60 Å². The Balaban J connectivity index is 0.000000192. The normalized spacial score (nSPS) is 26.0. The van der Waals surface area contributed by atoms with Gasteiger partial charge in [0, 0.05) is 48.9 Å². The molecule has 3 atom stereocenters. The van der Waals surface area contributed by atoms with Crippen molar-refractivity contribution in [1.82, 2.24) is 9.80 Å². The molecule has 2 aromatic rings. The number of carbonyl (C=O) groups excluding carboxylic acids is 1. The molecule has 0 amide bonds. The molecule has 5 heteroatoms. The SMILES string of the molecule is CC1CN(C)CCC1=O.Cc1cccc(Br)c1.Cc1cccc([C@@]2(O)CCN(C)C[C@@H]2C)c1. The second kappa shape index (κ2) is 12.8. The number of hydrogen-bond donors (Lipinski definition) is 1. The first-order chi connectivity index (χ1) is 15.5. The Morgan fingerprint density at radius 1 is 0.939 bits per heavy atom. The molecule has 2 aliphatic rings. The average molecular weight is 518 g/mol. The molecule has 33 heavy (non-hydrogen) atoms. The van der Waals surface area contributed by atoms with Gasteiger partial charge >= 0.3 is 0 Å². The minimum atomic E-state index is -0.640. The quantitative estimate of drug-likeness (QED) is 0.547. The van der Waals surface area contributed by atoms with Gasteiger partial charge in [0.1, 0.15) is 5.78 Å². The lowest BCUT2D eigenvalue weighted by Crippen LogP contribution is -2.47. The van der Waals surface area contributed by atoms with Gasteiger partial charge in [-0.25, -0.2) is 0 Å². The van der Waals surface area contributed by atoms with Crippen molar-refractivity contribution in [1.29, 1.82) is 0 Å². The number of Topliss-reactive ketones (excluding diaryl/α,β-unsaturated/α-hetero) is 1. The van der Waals surface area contributed by atoms with E-state index in [1.54, 1.807) is 0 Å². The molecule has 0 saturated carbocycles. The minimum absolute atomic E-state index is 0.267. The molecule has 0 aliphatic carbocycles. The fraction of sp³-hybridized carbons (Fsp3) is 0.536. The summed E-state index contributed by atoms with van der Waals surface area (Å²) in [7, 11) is 4.18. The predicted molar refractivity (Wildman–Crippen MR) is 142 cm³/mol. The molecule has 4 rings (SSSR count). The van der Waals surface area contributed by atoms with E-state index in [4.69, 9.17) is 0 Å². The first-order valence-corrected chi connectivity index (χ1v) is 12.7. The van der Waals surface area contributed by atoms with Crippen LogP contribution >= 0.6 is 15.9 Å². The summed E-state index contributed by atoms with van der Waals surface area (Å²) in [5.74, 6) is 0.977. The van der Waals surface area contributed by atoms with E-state index in [1.165, 1.54) is 11.1 Å². The maximum atomic E-state index is 10.9. The smallest absolute Gasteiger partial charge is 0.138 e. The van der Waals surface area contributed by atoms with Gasteiger partial charge in [-0.3, -0.25) is 4.79 Å². The highest BCUT2D eigenvalue weighted by Crippen LogP contribution is 2.37. The number of halogens is 1. The molecule has 1 unspecified atom stereocenters. The summed E-state index contributed by atoms with van der Waals surface area (Å²) in [6.45, 7) is 12.1. The maximum Gasteiger partial charge on any atom is 0.138 e. The molecule has 4 nitrogen and oxygen atoms in total. The van der Waals surface area contributed by atoms with Crippen LogP contribution in [0.1, 0.15) is 43.4 Å². The van der Waals surface area contributed by atoms with Crippen molar-refractivity contribution >= 4 is 21.7 Å². The van der Waals surface area contributed by atoms with E-state index >= 15 is 0 Å². The van der Waals surface area contributed by atoms with Crippen molar-refractivity contribution in [2.45, 2.75) is 46.1 Å². The van der Waals surface area contributed by atoms with Crippen LogP contribution in [-0.4, -0.2) is 61.0 Å². The Bertz CT molecular complexity index is 886. The van der Waals surface area contributed by atoms with Crippen LogP contribution in [0.5, 0.6) is 0 Å². The Kier molecular flexibility index (Phi) is 10.7. The molecular formula is C28H41BrN2O2. The van der Waals surface area contributed by atoms with Crippen LogP contribution < -0.4 is 0 Å². The lowest BCUT2D eigenvalue weighted by Gasteiger charge is -2.42. The largest absolute Gasteiger partial charge is 0.385 e. The van der Waals surface area contributed by atoms with Crippen LogP contribution in [0.4, 0.5) is 0 Å². The number of aryl methyl sites for hydroxylation is 2. The van der Waals surface area contributed by atoms with Crippen LogP contribution in [0.25, 0.3) is 0 Å². The van der Waals surface area contributed by atoms with Gasteiger partial charge in [0.25, 0.3) is 0 Å². The summed E-state index contributed by atoms with van der Waals surface area (Å²) in [5.41, 5.74) is 2.95.